The van der Waals surface area contributed by atoms with Gasteiger partial charge in [0.1, 0.15) is 11.3 Å². The third-order valence-electron chi connectivity index (χ3n) is 5.16. The van der Waals surface area contributed by atoms with Crippen LogP contribution in [0.25, 0.3) is 5.65 Å². The number of carbonyl (C=O) groups excluding carboxylic acids is 1. The number of piperidine rings is 1. The molecule has 5 nitrogen and oxygen atoms in total. The first kappa shape index (κ1) is 16.8. The van der Waals surface area contributed by atoms with Crippen molar-refractivity contribution in [2.45, 2.75) is 25.4 Å². The average Bonchev–Trinajstić information content (AvgIpc) is 3.12. The first-order chi connectivity index (χ1) is 12.7. The van der Waals surface area contributed by atoms with Gasteiger partial charge in [-0.2, -0.15) is 0 Å². The number of nitrogens with zero attached hydrogens (tertiary/aromatic N) is 4. The molecule has 1 aromatic carbocycles. The molecule has 0 N–H and O–H groups in total. The van der Waals surface area contributed by atoms with E-state index in [-0.39, 0.29) is 5.91 Å². The van der Waals surface area contributed by atoms with Gasteiger partial charge in [-0.15, -0.1) is 0 Å². The van der Waals surface area contributed by atoms with E-state index in [0.29, 0.717) is 11.7 Å². The summed E-state index contributed by atoms with van der Waals surface area (Å²) >= 11 is 0. The van der Waals surface area contributed by atoms with E-state index in [1.807, 2.05) is 46.0 Å². The summed E-state index contributed by atoms with van der Waals surface area (Å²) in [5.74, 6) is 0.0338. The second kappa shape index (κ2) is 7.30. The Morgan fingerprint density at radius 3 is 2.81 bits per heavy atom. The number of hydrogen-bond donors (Lipinski definition) is 0. The Kier molecular flexibility index (Phi) is 4.71. The summed E-state index contributed by atoms with van der Waals surface area (Å²) in [6, 6.07) is 16.7. The van der Waals surface area contributed by atoms with Gasteiger partial charge in [-0.25, -0.2) is 4.98 Å². The maximum absolute atomic E-state index is 12.9. The molecule has 0 bridgehead atoms. The third kappa shape index (κ3) is 3.48. The number of likely N-dealkylation sites (N-methyl/N-ethyl adjacent to an activating group) is 1. The van der Waals surface area contributed by atoms with Crippen LogP contribution in [0, 0.1) is 0 Å². The maximum atomic E-state index is 12.9. The van der Waals surface area contributed by atoms with Gasteiger partial charge >= 0.3 is 0 Å². The van der Waals surface area contributed by atoms with Crippen LogP contribution in [0.2, 0.25) is 0 Å². The monoisotopic (exact) mass is 348 g/mol. The number of hydrogen-bond acceptors (Lipinski definition) is 3. The summed E-state index contributed by atoms with van der Waals surface area (Å²) in [6.45, 7) is 2.47. The van der Waals surface area contributed by atoms with E-state index < -0.39 is 0 Å². The van der Waals surface area contributed by atoms with Gasteiger partial charge in [-0.1, -0.05) is 36.4 Å². The molecule has 1 amide bonds. The smallest absolute Gasteiger partial charge is 0.274 e. The largest absolute Gasteiger partial charge is 0.336 e. The van der Waals surface area contributed by atoms with Gasteiger partial charge in [0.05, 0.1) is 0 Å². The van der Waals surface area contributed by atoms with Crippen LogP contribution in [0.3, 0.4) is 0 Å². The number of likely N-dealkylation sites (tertiary alicyclic amines) is 1. The molecule has 1 atom stereocenters. The molecular weight excluding hydrogens is 324 g/mol. The molecule has 4 rings (SSSR count). The SMILES string of the molecule is CN(Cc1ccccc1)[C@@H]1CCCN(C(=O)c2cn3ccccc3n2)C1. The normalized spacial score (nSPS) is 17.8. The molecule has 1 aliphatic rings. The third-order valence-corrected chi connectivity index (χ3v) is 5.16. The Bertz CT molecular complexity index is 856. The Labute approximate surface area is 153 Å². The van der Waals surface area contributed by atoms with Crippen LogP contribution >= 0.6 is 0 Å². The van der Waals surface area contributed by atoms with Gasteiger partial charge in [-0.05, 0) is 37.6 Å². The maximum Gasteiger partial charge on any atom is 0.274 e. The zero-order valence-electron chi connectivity index (χ0n) is 15.1. The molecule has 2 aromatic heterocycles. The van der Waals surface area contributed by atoms with Crippen molar-refractivity contribution < 1.29 is 4.79 Å². The Hall–Kier alpha value is -2.66. The van der Waals surface area contributed by atoms with Crippen molar-refractivity contribution in [2.75, 3.05) is 20.1 Å². The molecule has 0 spiro atoms. The summed E-state index contributed by atoms with van der Waals surface area (Å²) < 4.78 is 1.90. The predicted octanol–water partition coefficient (Wildman–Crippen LogP) is 3.07. The molecule has 0 aliphatic carbocycles. The van der Waals surface area contributed by atoms with Gasteiger partial charge in [0.25, 0.3) is 5.91 Å². The number of amides is 1. The fourth-order valence-corrected chi connectivity index (χ4v) is 3.70. The van der Waals surface area contributed by atoms with Crippen molar-refractivity contribution in [1.29, 1.82) is 0 Å². The van der Waals surface area contributed by atoms with Gasteiger partial charge in [-0.3, -0.25) is 9.69 Å². The Balaban J connectivity index is 1.44. The molecule has 3 heterocycles. The molecule has 5 heteroatoms. The van der Waals surface area contributed by atoms with Crippen molar-refractivity contribution in [3.8, 4) is 0 Å². The number of rotatable bonds is 4. The molecule has 3 aromatic rings. The van der Waals surface area contributed by atoms with Crippen LogP contribution in [0.4, 0.5) is 0 Å². The number of pyridine rings is 1. The summed E-state index contributed by atoms with van der Waals surface area (Å²) in [5, 5.41) is 0. The lowest BCUT2D eigenvalue weighted by Crippen LogP contribution is -2.48. The van der Waals surface area contributed by atoms with E-state index in [4.69, 9.17) is 0 Å². The highest BCUT2D eigenvalue weighted by molar-refractivity contribution is 5.93. The molecule has 1 fully saturated rings. The molecule has 0 unspecified atom stereocenters. The highest BCUT2D eigenvalue weighted by Gasteiger charge is 2.28. The van der Waals surface area contributed by atoms with E-state index in [0.717, 1.165) is 38.1 Å². The summed E-state index contributed by atoms with van der Waals surface area (Å²) in [6.07, 6.45) is 5.90. The second-order valence-electron chi connectivity index (χ2n) is 7.04. The topological polar surface area (TPSA) is 40.9 Å². The van der Waals surface area contributed by atoms with Crippen LogP contribution in [0.5, 0.6) is 0 Å². The van der Waals surface area contributed by atoms with Crippen molar-refractivity contribution in [3.63, 3.8) is 0 Å². The van der Waals surface area contributed by atoms with Gasteiger partial charge in [0.15, 0.2) is 0 Å². The van der Waals surface area contributed by atoms with Crippen LogP contribution in [-0.2, 0) is 6.54 Å². The number of fused-ring (bicyclic) bond motifs is 1. The fourth-order valence-electron chi connectivity index (χ4n) is 3.70. The average molecular weight is 348 g/mol. The molecule has 0 saturated carbocycles. The second-order valence-corrected chi connectivity index (χ2v) is 7.04. The minimum atomic E-state index is 0.0338. The van der Waals surface area contributed by atoms with E-state index in [2.05, 4.69) is 41.2 Å². The fraction of sp³-hybridized carbons (Fsp3) is 0.333. The standard InChI is InChI=1S/C21H24N4O/c1-23(14-17-8-3-2-4-9-17)18-10-7-13-25(15-18)21(26)19-16-24-12-6-5-11-20(24)22-19/h2-6,8-9,11-12,16,18H,7,10,13-15H2,1H3/t18-/m1/s1. The highest BCUT2D eigenvalue weighted by atomic mass is 16.2. The first-order valence-corrected chi connectivity index (χ1v) is 9.18. The zero-order chi connectivity index (χ0) is 17.9. The van der Waals surface area contributed by atoms with Crippen LogP contribution in [0.1, 0.15) is 28.9 Å². The van der Waals surface area contributed by atoms with Gasteiger partial charge in [0.2, 0.25) is 0 Å². The highest BCUT2D eigenvalue weighted by Crippen LogP contribution is 2.19. The lowest BCUT2D eigenvalue weighted by molar-refractivity contribution is 0.0597. The van der Waals surface area contributed by atoms with Crippen LogP contribution in [-0.4, -0.2) is 51.3 Å². The first-order valence-electron chi connectivity index (χ1n) is 9.18. The number of benzene rings is 1. The molecule has 26 heavy (non-hydrogen) atoms. The van der Waals surface area contributed by atoms with E-state index >= 15 is 0 Å². The van der Waals surface area contributed by atoms with Crippen molar-refractivity contribution in [1.82, 2.24) is 19.2 Å². The van der Waals surface area contributed by atoms with Gasteiger partial charge in [0, 0.05) is 38.1 Å². The summed E-state index contributed by atoms with van der Waals surface area (Å²) in [5.41, 5.74) is 2.65. The van der Waals surface area contributed by atoms with E-state index in [9.17, 15) is 4.79 Å². The molecule has 0 radical (unpaired) electrons. The lowest BCUT2D eigenvalue weighted by atomic mass is 10.0. The van der Waals surface area contributed by atoms with Crippen molar-refractivity contribution >= 4 is 11.6 Å². The van der Waals surface area contributed by atoms with Crippen molar-refractivity contribution in [3.05, 3.63) is 72.2 Å². The van der Waals surface area contributed by atoms with E-state index in [1.54, 1.807) is 0 Å². The number of imidazole rings is 1. The molecule has 1 saturated heterocycles. The predicted molar refractivity (Wildman–Crippen MR) is 102 cm³/mol. The zero-order valence-corrected chi connectivity index (χ0v) is 15.1. The number of aromatic nitrogens is 2. The molecule has 134 valence electrons. The molecule has 1 aliphatic heterocycles. The van der Waals surface area contributed by atoms with Crippen LogP contribution in [0.15, 0.2) is 60.9 Å². The summed E-state index contributed by atoms with van der Waals surface area (Å²) in [7, 11) is 2.15. The minimum absolute atomic E-state index is 0.0338. The number of carbonyl (C=O) groups is 1. The Morgan fingerprint density at radius 1 is 1.19 bits per heavy atom. The van der Waals surface area contributed by atoms with Crippen molar-refractivity contribution in [2.24, 2.45) is 0 Å². The Morgan fingerprint density at radius 2 is 2.00 bits per heavy atom. The summed E-state index contributed by atoms with van der Waals surface area (Å²) in [4.78, 5) is 21.7. The quantitative estimate of drug-likeness (QED) is 0.728. The molecular formula is C21H24N4O. The minimum Gasteiger partial charge on any atom is -0.336 e. The van der Waals surface area contributed by atoms with E-state index in [1.165, 1.54) is 5.56 Å². The van der Waals surface area contributed by atoms with Gasteiger partial charge < -0.3 is 9.30 Å². The lowest BCUT2D eigenvalue weighted by Gasteiger charge is -2.37. The van der Waals surface area contributed by atoms with Crippen LogP contribution < -0.4 is 0 Å².